The number of aromatic nitrogens is 1. The van der Waals surface area contributed by atoms with Crippen LogP contribution in [0.3, 0.4) is 0 Å². The van der Waals surface area contributed by atoms with E-state index in [4.69, 9.17) is 4.74 Å². The molecule has 0 amide bonds. The Morgan fingerprint density at radius 1 is 1.14 bits per heavy atom. The van der Waals surface area contributed by atoms with Crippen molar-refractivity contribution in [1.29, 1.82) is 0 Å². The summed E-state index contributed by atoms with van der Waals surface area (Å²) < 4.78 is 42.7. The minimum Gasteiger partial charge on any atom is -0.461 e. The molecular weight excluding hydrogens is 295 g/mol. The summed E-state index contributed by atoms with van der Waals surface area (Å²) >= 11 is 0. The van der Waals surface area contributed by atoms with E-state index in [0.29, 0.717) is 12.0 Å². The molecule has 0 aliphatic rings. The fourth-order valence-electron chi connectivity index (χ4n) is 1.85. The summed E-state index contributed by atoms with van der Waals surface area (Å²) in [4.78, 5) is 15.7. The molecule has 0 atom stereocenters. The third-order valence-electron chi connectivity index (χ3n) is 2.97. The zero-order valence-electron chi connectivity index (χ0n) is 11.6. The molecule has 6 heteroatoms. The lowest BCUT2D eigenvalue weighted by Crippen LogP contribution is -2.08. The zero-order valence-corrected chi connectivity index (χ0v) is 11.6. The smallest absolute Gasteiger partial charge is 0.416 e. The molecule has 1 aromatic carbocycles. The number of halogens is 3. The Kier molecular flexibility index (Phi) is 5.14. The maximum Gasteiger partial charge on any atom is 0.416 e. The van der Waals surface area contributed by atoms with E-state index in [2.05, 4.69) is 4.98 Å². The van der Waals surface area contributed by atoms with Crippen molar-refractivity contribution >= 4 is 5.97 Å². The first kappa shape index (κ1) is 16.0. The molecule has 0 spiro atoms. The lowest BCUT2D eigenvalue weighted by Gasteiger charge is -2.09. The minimum absolute atomic E-state index is 0.135. The van der Waals surface area contributed by atoms with Crippen molar-refractivity contribution in [3.05, 3.63) is 65.5 Å². The molecule has 3 nitrogen and oxygen atoms in total. The van der Waals surface area contributed by atoms with E-state index in [1.807, 2.05) is 6.07 Å². The van der Waals surface area contributed by atoms with Gasteiger partial charge in [0.25, 0.3) is 0 Å². The largest absolute Gasteiger partial charge is 0.461 e. The average molecular weight is 309 g/mol. The van der Waals surface area contributed by atoms with Gasteiger partial charge in [-0.2, -0.15) is 13.2 Å². The van der Waals surface area contributed by atoms with Gasteiger partial charge in [0, 0.05) is 18.3 Å². The van der Waals surface area contributed by atoms with Crippen LogP contribution in [-0.2, 0) is 28.7 Å². The van der Waals surface area contributed by atoms with Crippen molar-refractivity contribution in [2.45, 2.75) is 25.6 Å². The first-order chi connectivity index (χ1) is 10.4. The second-order valence-electron chi connectivity index (χ2n) is 4.68. The van der Waals surface area contributed by atoms with Crippen molar-refractivity contribution in [2.75, 3.05) is 0 Å². The van der Waals surface area contributed by atoms with Gasteiger partial charge in [0.1, 0.15) is 6.61 Å². The van der Waals surface area contributed by atoms with Gasteiger partial charge in [-0.05, 0) is 29.8 Å². The van der Waals surface area contributed by atoms with Gasteiger partial charge in [0.05, 0.1) is 12.0 Å². The second kappa shape index (κ2) is 7.06. The number of carbonyl (C=O) groups excluding carboxylic acids is 1. The molecule has 22 heavy (non-hydrogen) atoms. The first-order valence-corrected chi connectivity index (χ1v) is 6.67. The van der Waals surface area contributed by atoms with Gasteiger partial charge in [-0.25, -0.2) is 0 Å². The van der Waals surface area contributed by atoms with Crippen molar-refractivity contribution in [3.8, 4) is 0 Å². The van der Waals surface area contributed by atoms with Crippen LogP contribution in [0.4, 0.5) is 13.2 Å². The maximum absolute atomic E-state index is 12.6. The highest BCUT2D eigenvalue weighted by atomic mass is 19.4. The van der Waals surface area contributed by atoms with Gasteiger partial charge in [0.2, 0.25) is 0 Å². The highest BCUT2D eigenvalue weighted by Crippen LogP contribution is 2.29. The number of pyridine rings is 1. The van der Waals surface area contributed by atoms with Gasteiger partial charge >= 0.3 is 12.1 Å². The highest BCUT2D eigenvalue weighted by Gasteiger charge is 2.30. The third kappa shape index (κ3) is 4.87. The van der Waals surface area contributed by atoms with Gasteiger partial charge < -0.3 is 4.74 Å². The third-order valence-corrected chi connectivity index (χ3v) is 2.97. The Bertz CT molecular complexity index is 627. The molecule has 2 aromatic rings. The van der Waals surface area contributed by atoms with Crippen LogP contribution < -0.4 is 0 Å². The highest BCUT2D eigenvalue weighted by molar-refractivity contribution is 5.69. The molecule has 2 rings (SSSR count). The van der Waals surface area contributed by atoms with Crippen LogP contribution in [0.5, 0.6) is 0 Å². The predicted octanol–water partition coefficient (Wildman–Crippen LogP) is 3.78. The van der Waals surface area contributed by atoms with Crippen LogP contribution in [0, 0.1) is 0 Å². The Balaban J connectivity index is 1.84. The number of rotatable bonds is 5. The molecular formula is C16H14F3NO2. The number of carbonyl (C=O) groups is 1. The summed E-state index contributed by atoms with van der Waals surface area (Å²) in [6.07, 6.45) is -2.21. The fraction of sp³-hybridized carbons (Fsp3) is 0.250. The summed E-state index contributed by atoms with van der Waals surface area (Å²) in [6.45, 7) is -0.176. The van der Waals surface area contributed by atoms with Crippen molar-refractivity contribution < 1.29 is 22.7 Å². The molecule has 0 fully saturated rings. The number of hydrogen-bond acceptors (Lipinski definition) is 3. The number of esters is 1. The van der Waals surface area contributed by atoms with Crippen LogP contribution in [0.1, 0.15) is 23.2 Å². The van der Waals surface area contributed by atoms with E-state index >= 15 is 0 Å². The van der Waals surface area contributed by atoms with Crippen LogP contribution in [0.2, 0.25) is 0 Å². The SMILES string of the molecule is O=C(CCc1ccccn1)OCc1cccc(C(F)(F)F)c1. The molecule has 0 saturated heterocycles. The molecule has 0 radical (unpaired) electrons. The monoisotopic (exact) mass is 309 g/mol. The van der Waals surface area contributed by atoms with E-state index in [0.717, 1.165) is 17.8 Å². The van der Waals surface area contributed by atoms with Crippen LogP contribution in [0.25, 0.3) is 0 Å². The minimum atomic E-state index is -4.40. The maximum atomic E-state index is 12.6. The topological polar surface area (TPSA) is 39.2 Å². The molecule has 0 saturated carbocycles. The molecule has 0 aliphatic carbocycles. The van der Waals surface area contributed by atoms with Crippen molar-refractivity contribution in [2.24, 2.45) is 0 Å². The fourth-order valence-corrected chi connectivity index (χ4v) is 1.85. The van der Waals surface area contributed by atoms with Gasteiger partial charge in [-0.15, -0.1) is 0 Å². The quantitative estimate of drug-likeness (QED) is 0.789. The average Bonchev–Trinajstić information content (AvgIpc) is 2.51. The second-order valence-corrected chi connectivity index (χ2v) is 4.68. The Hall–Kier alpha value is -2.37. The van der Waals surface area contributed by atoms with E-state index in [-0.39, 0.29) is 13.0 Å². The molecule has 0 N–H and O–H groups in total. The zero-order chi connectivity index (χ0) is 16.0. The summed E-state index contributed by atoms with van der Waals surface area (Å²) in [5.74, 6) is -0.469. The number of ether oxygens (including phenoxy) is 1. The number of hydrogen-bond donors (Lipinski definition) is 0. The van der Waals surface area contributed by atoms with E-state index in [1.165, 1.54) is 12.1 Å². The van der Waals surface area contributed by atoms with E-state index in [9.17, 15) is 18.0 Å². The number of alkyl halides is 3. The molecule has 0 bridgehead atoms. The summed E-state index contributed by atoms with van der Waals surface area (Å²) in [6, 6.07) is 10.1. The molecule has 116 valence electrons. The Labute approximate surface area is 125 Å². The Morgan fingerprint density at radius 3 is 2.64 bits per heavy atom. The lowest BCUT2D eigenvalue weighted by atomic mass is 10.1. The standard InChI is InChI=1S/C16H14F3NO2/c17-16(18,19)13-5-3-4-12(10-13)11-22-15(21)8-7-14-6-1-2-9-20-14/h1-6,9-10H,7-8,11H2. The van der Waals surface area contributed by atoms with Crippen molar-refractivity contribution in [1.82, 2.24) is 4.98 Å². The van der Waals surface area contributed by atoms with Crippen LogP contribution in [0.15, 0.2) is 48.7 Å². The van der Waals surface area contributed by atoms with Gasteiger partial charge in [-0.1, -0.05) is 18.2 Å². The molecule has 1 heterocycles. The lowest BCUT2D eigenvalue weighted by molar-refractivity contribution is -0.144. The van der Waals surface area contributed by atoms with E-state index in [1.54, 1.807) is 18.3 Å². The van der Waals surface area contributed by atoms with Gasteiger partial charge in [0.15, 0.2) is 0 Å². The van der Waals surface area contributed by atoms with Crippen molar-refractivity contribution in [3.63, 3.8) is 0 Å². The predicted molar refractivity (Wildman–Crippen MR) is 73.8 cm³/mol. The number of benzene rings is 1. The first-order valence-electron chi connectivity index (χ1n) is 6.67. The molecule has 0 unspecified atom stereocenters. The van der Waals surface area contributed by atoms with E-state index < -0.39 is 17.7 Å². The summed E-state index contributed by atoms with van der Waals surface area (Å²) in [5.41, 5.74) is 0.314. The molecule has 0 aliphatic heterocycles. The summed E-state index contributed by atoms with van der Waals surface area (Å²) in [7, 11) is 0. The van der Waals surface area contributed by atoms with Crippen LogP contribution >= 0.6 is 0 Å². The normalized spacial score (nSPS) is 11.2. The number of aryl methyl sites for hydroxylation is 1. The number of nitrogens with zero attached hydrogens (tertiary/aromatic N) is 1. The molecule has 1 aromatic heterocycles. The Morgan fingerprint density at radius 2 is 1.95 bits per heavy atom. The summed E-state index contributed by atoms with van der Waals surface area (Å²) in [5, 5.41) is 0. The van der Waals surface area contributed by atoms with Crippen LogP contribution in [-0.4, -0.2) is 11.0 Å². The van der Waals surface area contributed by atoms with Gasteiger partial charge in [-0.3, -0.25) is 9.78 Å².